The van der Waals surface area contributed by atoms with Crippen LogP contribution >= 0.6 is 11.8 Å². The third-order valence-corrected chi connectivity index (χ3v) is 14.5. The van der Waals surface area contributed by atoms with Gasteiger partial charge in [0.05, 0.1) is 51.2 Å². The van der Waals surface area contributed by atoms with Gasteiger partial charge in [-0.05, 0) is 116 Å². The number of allylic oxidation sites excluding steroid dienone is 3. The highest BCUT2D eigenvalue weighted by Crippen LogP contribution is 2.50. The van der Waals surface area contributed by atoms with Crippen molar-refractivity contribution in [1.82, 2.24) is 13.7 Å². The molecule has 0 saturated carbocycles. The Hall–Kier alpha value is -7.25. The number of thioether (sulfide) groups is 1. The van der Waals surface area contributed by atoms with Gasteiger partial charge in [-0.2, -0.15) is 10.5 Å². The monoisotopic (exact) mass is 845 g/mol. The second-order valence-corrected chi connectivity index (χ2v) is 18.3. The maximum atomic E-state index is 10.0. The number of nitriles is 2. The third kappa shape index (κ3) is 6.44. The highest BCUT2D eigenvalue weighted by molar-refractivity contribution is 8.00. The van der Waals surface area contributed by atoms with E-state index in [0.717, 1.165) is 40.3 Å². The average Bonchev–Trinajstić information content (AvgIpc) is 3.99. The molecule has 64 heavy (non-hydrogen) atoms. The lowest BCUT2D eigenvalue weighted by molar-refractivity contribution is 0.795. The first-order valence-electron chi connectivity index (χ1n) is 22.7. The van der Waals surface area contributed by atoms with Crippen molar-refractivity contribution in [3.05, 3.63) is 181 Å². The Morgan fingerprint density at radius 2 is 0.922 bits per heavy atom. The van der Waals surface area contributed by atoms with E-state index in [9.17, 15) is 10.5 Å². The van der Waals surface area contributed by atoms with Gasteiger partial charge in [0, 0.05) is 65.1 Å². The fraction of sp³-hybridized carbons (Fsp3) is 0.172. The van der Waals surface area contributed by atoms with Gasteiger partial charge in [0.15, 0.2) is 0 Å². The summed E-state index contributed by atoms with van der Waals surface area (Å²) in [4.78, 5) is 1.07. The molecule has 0 saturated heterocycles. The number of aromatic nitrogens is 3. The molecule has 10 aromatic rings. The number of fused-ring (bicyclic) bond motifs is 12. The summed E-state index contributed by atoms with van der Waals surface area (Å²) in [6.45, 7) is 4.51. The maximum absolute atomic E-state index is 10.0. The first-order chi connectivity index (χ1) is 31.6. The molecule has 7 aromatic carbocycles. The van der Waals surface area contributed by atoms with Crippen molar-refractivity contribution in [2.24, 2.45) is 5.92 Å². The fourth-order valence-corrected chi connectivity index (χ4v) is 11.2. The zero-order valence-electron chi connectivity index (χ0n) is 36.1. The molecule has 0 N–H and O–H groups in total. The number of para-hydroxylation sites is 3. The lowest BCUT2D eigenvalue weighted by atomic mass is 9.98. The summed E-state index contributed by atoms with van der Waals surface area (Å²) < 4.78 is 7.54. The normalized spacial score (nSPS) is 15.2. The van der Waals surface area contributed by atoms with E-state index >= 15 is 0 Å². The average molecular weight is 846 g/mol. The summed E-state index contributed by atoms with van der Waals surface area (Å²) in [5, 5.41) is 26.7. The molecule has 11 rings (SSSR count). The number of hydrogen-bond donors (Lipinski definition) is 0. The number of hydrogen-bond acceptors (Lipinski definition) is 3. The molecule has 0 amide bonds. The first-order valence-corrected chi connectivity index (χ1v) is 23.5. The summed E-state index contributed by atoms with van der Waals surface area (Å²) in [7, 11) is 0. The van der Waals surface area contributed by atoms with Crippen molar-refractivity contribution in [3.63, 3.8) is 0 Å². The minimum Gasteiger partial charge on any atom is -0.308 e. The molecule has 6 heteroatoms. The SMILES string of the molecule is CCCCc1ccc(-n2c3ccccc3c3c2c2c4ccccc4n(-c4ccc(SC5C=CC(C#N)=CC5C#N)cc4)c2c2c4ccccc4n(-c4ccc(CCCC)cc4)c32)cc1. The van der Waals surface area contributed by atoms with Crippen LogP contribution in [0.15, 0.2) is 174 Å². The Kier molecular flexibility index (Phi) is 10.2. The van der Waals surface area contributed by atoms with Crippen LogP contribution < -0.4 is 0 Å². The van der Waals surface area contributed by atoms with Gasteiger partial charge in [0.2, 0.25) is 0 Å². The Bertz CT molecular complexity index is 3480. The van der Waals surface area contributed by atoms with Crippen molar-refractivity contribution < 1.29 is 0 Å². The number of unbranched alkanes of at least 4 members (excludes halogenated alkanes) is 2. The topological polar surface area (TPSA) is 62.4 Å². The summed E-state index contributed by atoms with van der Waals surface area (Å²) in [5.41, 5.74) is 13.7. The van der Waals surface area contributed by atoms with Crippen LogP contribution in [0.2, 0.25) is 0 Å². The highest BCUT2D eigenvalue weighted by atomic mass is 32.2. The van der Waals surface area contributed by atoms with Crippen LogP contribution in [-0.2, 0) is 12.8 Å². The molecule has 0 fully saturated rings. The lowest BCUT2D eigenvalue weighted by Gasteiger charge is -2.19. The van der Waals surface area contributed by atoms with Crippen molar-refractivity contribution in [1.29, 1.82) is 10.5 Å². The zero-order valence-corrected chi connectivity index (χ0v) is 36.9. The Morgan fingerprint density at radius 3 is 1.31 bits per heavy atom. The van der Waals surface area contributed by atoms with Gasteiger partial charge in [-0.25, -0.2) is 0 Å². The molecule has 5 nitrogen and oxygen atoms in total. The van der Waals surface area contributed by atoms with Crippen molar-refractivity contribution in [2.45, 2.75) is 62.5 Å². The molecule has 3 aromatic heterocycles. The second-order valence-electron chi connectivity index (χ2n) is 17.1. The van der Waals surface area contributed by atoms with Crippen LogP contribution in [0.3, 0.4) is 0 Å². The Balaban J connectivity index is 1.25. The maximum Gasteiger partial charge on any atom is 0.0988 e. The molecule has 1 aliphatic carbocycles. The third-order valence-electron chi connectivity index (χ3n) is 13.2. The van der Waals surface area contributed by atoms with E-state index in [2.05, 4.69) is 185 Å². The van der Waals surface area contributed by atoms with Crippen LogP contribution in [0.25, 0.3) is 82.5 Å². The van der Waals surface area contributed by atoms with Gasteiger partial charge in [-0.3, -0.25) is 0 Å². The second kappa shape index (κ2) is 16.5. The minimum absolute atomic E-state index is 0.0800. The molecular weight excluding hydrogens is 799 g/mol. The van der Waals surface area contributed by atoms with Gasteiger partial charge in [0.1, 0.15) is 0 Å². The minimum atomic E-state index is -0.374. The van der Waals surface area contributed by atoms with Crippen molar-refractivity contribution >= 4 is 77.2 Å². The lowest BCUT2D eigenvalue weighted by Crippen LogP contribution is -2.14. The molecule has 0 aliphatic heterocycles. The molecule has 2 atom stereocenters. The summed E-state index contributed by atoms with van der Waals surface area (Å²) in [6, 6.07) is 58.8. The molecule has 0 radical (unpaired) electrons. The molecule has 1 aliphatic rings. The van der Waals surface area contributed by atoms with E-state index in [4.69, 9.17) is 0 Å². The largest absolute Gasteiger partial charge is 0.308 e. The number of aryl methyl sites for hydroxylation is 2. The molecule has 2 unspecified atom stereocenters. The van der Waals surface area contributed by atoms with E-state index in [1.54, 1.807) is 17.8 Å². The molecule has 0 bridgehead atoms. The number of rotatable bonds is 11. The van der Waals surface area contributed by atoms with Crippen LogP contribution in [0.5, 0.6) is 0 Å². The van der Waals surface area contributed by atoms with Gasteiger partial charge < -0.3 is 13.7 Å². The molecule has 0 spiro atoms. The van der Waals surface area contributed by atoms with Crippen LogP contribution in [0, 0.1) is 28.6 Å². The smallest absolute Gasteiger partial charge is 0.0988 e. The quantitative estimate of drug-likeness (QED) is 0.130. The first kappa shape index (κ1) is 39.6. The number of nitrogens with zero attached hydrogens (tertiary/aromatic N) is 5. The predicted octanol–water partition coefficient (Wildman–Crippen LogP) is 15.3. The van der Waals surface area contributed by atoms with Crippen LogP contribution in [0.4, 0.5) is 0 Å². The van der Waals surface area contributed by atoms with E-state index < -0.39 is 0 Å². The van der Waals surface area contributed by atoms with Gasteiger partial charge >= 0.3 is 0 Å². The van der Waals surface area contributed by atoms with E-state index in [0.29, 0.717) is 5.57 Å². The van der Waals surface area contributed by atoms with Crippen molar-refractivity contribution in [2.75, 3.05) is 0 Å². The van der Waals surface area contributed by atoms with E-state index in [-0.39, 0.29) is 11.2 Å². The standard InChI is InChI=1S/C58H47N5S/c1-3-5-13-38-21-26-42(27-22-38)61-49-18-10-7-15-46(49)53-56-54(47-16-8-11-19-50(47)62(56)43-28-23-39(24-29-43)14-6-4-2)58-55(57(53)61)48-17-9-12-20-51(48)63(58)44-30-32-45(33-31-44)64-52-34-25-40(36-59)35-41(52)37-60/h7-12,15-35,41,52H,3-6,13-14H2,1-2H3. The zero-order chi connectivity index (χ0) is 43.3. The van der Waals surface area contributed by atoms with Crippen LogP contribution in [0.1, 0.15) is 50.7 Å². The highest BCUT2D eigenvalue weighted by Gasteiger charge is 2.29. The van der Waals surface area contributed by atoms with E-state index in [1.165, 1.54) is 96.7 Å². The van der Waals surface area contributed by atoms with E-state index in [1.807, 2.05) is 12.2 Å². The van der Waals surface area contributed by atoms with Crippen LogP contribution in [-0.4, -0.2) is 19.0 Å². The van der Waals surface area contributed by atoms with Crippen molar-refractivity contribution in [3.8, 4) is 29.2 Å². The number of benzene rings is 7. The van der Waals surface area contributed by atoms with Gasteiger partial charge in [-0.1, -0.05) is 112 Å². The summed E-state index contributed by atoms with van der Waals surface area (Å²) in [5.74, 6) is -0.374. The van der Waals surface area contributed by atoms with Gasteiger partial charge in [-0.15, -0.1) is 11.8 Å². The molecular formula is C58H47N5S. The molecule has 3 heterocycles. The summed E-state index contributed by atoms with van der Waals surface area (Å²) in [6.07, 6.45) is 12.5. The Labute approximate surface area is 377 Å². The fourth-order valence-electron chi connectivity index (χ4n) is 10.1. The summed E-state index contributed by atoms with van der Waals surface area (Å²) >= 11 is 1.66. The molecule has 310 valence electrons. The Morgan fingerprint density at radius 1 is 0.516 bits per heavy atom. The van der Waals surface area contributed by atoms with Gasteiger partial charge in [0.25, 0.3) is 0 Å². The predicted molar refractivity (Wildman–Crippen MR) is 268 cm³/mol.